The molecule has 0 bridgehead atoms. The van der Waals surface area contributed by atoms with Gasteiger partial charge in [0, 0.05) is 33.1 Å². The van der Waals surface area contributed by atoms with Crippen LogP contribution in [0.2, 0.25) is 6.04 Å². The number of alkyl halides is 6. The molecule has 0 radical (unpaired) electrons. The molecule has 1 unspecified atom stereocenters. The quantitative estimate of drug-likeness (QED) is 0.0857. The summed E-state index contributed by atoms with van der Waals surface area (Å²) in [4.78, 5) is 11.9. The average molecular weight is 649 g/mol. The van der Waals surface area contributed by atoms with Crippen LogP contribution >= 0.6 is 11.8 Å². The molecule has 0 aromatic heterocycles. The van der Waals surface area contributed by atoms with Gasteiger partial charge < -0.3 is 26.6 Å². The Morgan fingerprint density at radius 3 is 1.68 bits per heavy atom. The van der Waals surface area contributed by atoms with Crippen molar-refractivity contribution in [3.05, 3.63) is 4.13 Å². The van der Waals surface area contributed by atoms with Gasteiger partial charge in [-0.15, -0.1) is 0 Å². The second-order valence-corrected chi connectivity index (χ2v) is 16.1. The van der Waals surface area contributed by atoms with E-state index in [-0.39, 0.29) is 11.9 Å². The van der Waals surface area contributed by atoms with Crippen LogP contribution in [0.1, 0.15) is 13.3 Å². The van der Waals surface area contributed by atoms with Crippen LogP contribution in [0.3, 0.4) is 0 Å². The van der Waals surface area contributed by atoms with E-state index in [4.69, 9.17) is 18.0 Å². The molecule has 0 aromatic rings. The van der Waals surface area contributed by atoms with Gasteiger partial charge in [0.15, 0.2) is 20.0 Å². The Hall–Kier alpha value is -0.683. The number of quaternary nitrogens is 1. The molecule has 0 N–H and O–H groups in total. The Labute approximate surface area is 224 Å². The van der Waals surface area contributed by atoms with Gasteiger partial charge in [-0.2, -0.15) is 38.1 Å². The Kier molecular flexibility index (Phi) is 16.5. The monoisotopic (exact) mass is 648 g/mol. The first-order chi connectivity index (χ1) is 16.9. The highest BCUT2D eigenvalue weighted by Gasteiger charge is 2.47. The molecular weight excluding hydrogens is 614 g/mol. The number of esters is 1. The van der Waals surface area contributed by atoms with E-state index in [1.54, 1.807) is 33.1 Å². The normalized spacial score (nSPS) is 14.4. The van der Waals surface area contributed by atoms with Crippen molar-refractivity contribution in [2.24, 2.45) is 5.92 Å². The summed E-state index contributed by atoms with van der Waals surface area (Å²) in [5.41, 5.74) is -12.4. The van der Waals surface area contributed by atoms with Crippen molar-refractivity contribution >= 4 is 46.6 Å². The zero-order chi connectivity index (χ0) is 30.6. The summed E-state index contributed by atoms with van der Waals surface area (Å²) in [7, 11) is -4.78. The lowest BCUT2D eigenvalue weighted by Gasteiger charge is -2.24. The van der Waals surface area contributed by atoms with Crippen LogP contribution in [-0.2, 0) is 42.9 Å². The minimum Gasteiger partial charge on any atom is -0.459 e. The fraction of sp³-hybridized carbons (Fsp3) is 0.941. The molecule has 21 heteroatoms. The molecule has 230 valence electrons. The van der Waals surface area contributed by atoms with Gasteiger partial charge in [0.25, 0.3) is 0 Å². The third kappa shape index (κ3) is 15.2. The van der Waals surface area contributed by atoms with Crippen LogP contribution in [0.4, 0.5) is 26.3 Å². The topological polar surface area (TPSA) is 136 Å². The summed E-state index contributed by atoms with van der Waals surface area (Å²) in [6.07, 6.45) is 0.940. The largest absolute Gasteiger partial charge is 0.500 e. The van der Waals surface area contributed by atoms with Gasteiger partial charge in [-0.25, -0.2) is 16.8 Å². The second-order valence-electron chi connectivity index (χ2n) is 8.47. The number of likely N-dealkylation sites (N-methyl/N-ethyl adjacent to an activating group) is 1. The molecule has 0 rings (SSSR count). The summed E-state index contributed by atoms with van der Waals surface area (Å²) in [5.74, 6) is 1.52. The highest BCUT2D eigenvalue weighted by Crippen LogP contribution is 2.36. The maximum Gasteiger partial charge on any atom is 0.500 e. The van der Waals surface area contributed by atoms with E-state index in [1.807, 2.05) is 6.92 Å². The molecule has 0 amide bonds. The molecule has 0 saturated heterocycles. The van der Waals surface area contributed by atoms with E-state index in [2.05, 4.69) is 21.1 Å². The van der Waals surface area contributed by atoms with Gasteiger partial charge in [-0.3, -0.25) is 4.79 Å². The highest BCUT2D eigenvalue weighted by molar-refractivity contribution is 8.13. The fourth-order valence-electron chi connectivity index (χ4n) is 2.05. The lowest BCUT2D eigenvalue weighted by molar-refractivity contribution is -0.870. The summed E-state index contributed by atoms with van der Waals surface area (Å²) in [6.45, 7) is 3.21. The molecule has 0 fully saturated rings. The lowest BCUT2D eigenvalue weighted by Crippen LogP contribution is -2.42. The van der Waals surface area contributed by atoms with Crippen molar-refractivity contribution in [3.8, 4) is 0 Å². The first kappa shape index (κ1) is 39.5. The molecule has 1 atom stereocenters. The molecule has 0 saturated carbocycles. The van der Waals surface area contributed by atoms with E-state index in [1.165, 1.54) is 0 Å². The molecule has 0 aromatic carbocycles. The van der Waals surface area contributed by atoms with E-state index >= 15 is 0 Å². The summed E-state index contributed by atoms with van der Waals surface area (Å²) in [5, 5.41) is 0. The van der Waals surface area contributed by atoms with Crippen LogP contribution in [0.25, 0.3) is 4.13 Å². The predicted molar refractivity (Wildman–Crippen MR) is 130 cm³/mol. The summed E-state index contributed by atoms with van der Waals surface area (Å²) < 4.78 is 131. The number of thioether (sulfide) groups is 1. The second kappa shape index (κ2) is 15.9. The Morgan fingerprint density at radius 1 is 0.921 bits per heavy atom. The first-order valence-electron chi connectivity index (χ1n) is 10.5. The number of carbonyl (C=O) groups is 1. The van der Waals surface area contributed by atoms with Crippen molar-refractivity contribution in [1.29, 1.82) is 0 Å². The van der Waals surface area contributed by atoms with Gasteiger partial charge >= 0.3 is 25.8 Å². The minimum absolute atomic E-state index is 0.0817. The van der Waals surface area contributed by atoms with Gasteiger partial charge in [0.05, 0.1) is 27.1 Å². The highest BCUT2D eigenvalue weighted by atomic mass is 32.3. The van der Waals surface area contributed by atoms with E-state index in [0.29, 0.717) is 6.61 Å². The molecule has 0 heterocycles. The first-order valence-corrected chi connectivity index (χ1v) is 16.4. The number of carbonyl (C=O) groups excluding carboxylic acids is 1. The Balaban J connectivity index is 0. The van der Waals surface area contributed by atoms with Crippen LogP contribution in [0.15, 0.2) is 0 Å². The molecule has 0 spiro atoms. The number of nitrogens with zero attached hydrogens (tertiary/aromatic N) is 2. The third-order valence-electron chi connectivity index (χ3n) is 4.26. The van der Waals surface area contributed by atoms with E-state index < -0.39 is 39.9 Å². The van der Waals surface area contributed by atoms with Crippen molar-refractivity contribution in [2.75, 3.05) is 67.1 Å². The van der Waals surface area contributed by atoms with Gasteiger partial charge in [0.2, 0.25) is 0 Å². The van der Waals surface area contributed by atoms with Gasteiger partial charge in [-0.05, 0) is 12.2 Å². The van der Waals surface area contributed by atoms with Crippen LogP contribution in [0.5, 0.6) is 0 Å². The van der Waals surface area contributed by atoms with Crippen LogP contribution in [-0.4, -0.2) is 114 Å². The predicted octanol–water partition coefficient (Wildman–Crippen LogP) is 2.93. The third-order valence-corrected chi connectivity index (χ3v) is 11.1. The van der Waals surface area contributed by atoms with Crippen molar-refractivity contribution in [3.63, 3.8) is 0 Å². The zero-order valence-electron chi connectivity index (χ0n) is 21.9. The average Bonchev–Trinajstić information content (AvgIpc) is 2.73. The minimum atomic E-state index is -6.72. The van der Waals surface area contributed by atoms with Crippen molar-refractivity contribution in [1.82, 2.24) is 0 Å². The molecule has 0 aliphatic rings. The number of halogens is 6. The molecule has 11 nitrogen and oxygen atoms in total. The summed E-state index contributed by atoms with van der Waals surface area (Å²) >= 11 is 1.75. The van der Waals surface area contributed by atoms with Crippen molar-refractivity contribution < 1.29 is 70.5 Å². The number of hydrogen-bond acceptors (Lipinski definition) is 10. The smallest absolute Gasteiger partial charge is 0.459 e. The molecule has 38 heavy (non-hydrogen) atoms. The number of hydrogen-bond donors (Lipinski definition) is 0. The zero-order valence-corrected chi connectivity index (χ0v) is 25.3. The van der Waals surface area contributed by atoms with Gasteiger partial charge in [-0.1, -0.05) is 6.92 Å². The maximum absolute atomic E-state index is 11.9. The fourth-order valence-corrected chi connectivity index (χ4v) is 6.74. The lowest BCUT2D eigenvalue weighted by atomic mass is 10.2. The Morgan fingerprint density at radius 2 is 1.34 bits per heavy atom. The maximum atomic E-state index is 11.9. The van der Waals surface area contributed by atoms with Crippen LogP contribution < -0.4 is 0 Å². The number of rotatable bonds is 15. The SMILES string of the molecule is CO[Si](CCCSCC(C)C(=O)OCC[N+](C)(C)C)(OC)OC.O=S(=O)([N-]S(=O)(=O)C(F)(F)F)C(F)(F)F. The summed E-state index contributed by atoms with van der Waals surface area (Å²) in [6, 6.07) is 0.784. The molecular formula is C17H34F6N2O9S3Si. The molecule has 0 aliphatic carbocycles. The van der Waals surface area contributed by atoms with Gasteiger partial charge in [0.1, 0.15) is 13.2 Å². The van der Waals surface area contributed by atoms with E-state index in [0.717, 1.165) is 39.1 Å². The van der Waals surface area contributed by atoms with Crippen molar-refractivity contribution in [2.45, 2.75) is 30.4 Å². The molecule has 0 aliphatic heterocycles. The standard InChI is InChI=1S/C15H34NO5SSi.C2F6NO4S2/c1-14(15(17)21-10-9-16(2,3)4)13-22-11-8-12-23(18-5,19-6)20-7;3-1(4,5)14(10,11)9-15(12,13)2(6,7)8/h14H,8-13H2,1-7H3;/q+1;-1. The number of ether oxygens (including phenoxy) is 1. The number of sulfonamides is 2. The van der Waals surface area contributed by atoms with E-state index in [9.17, 15) is 48.0 Å². The van der Waals surface area contributed by atoms with Crippen LogP contribution in [0, 0.1) is 5.92 Å². The Bertz CT molecular complexity index is 873.